The second kappa shape index (κ2) is 14.3. The number of anilines is 2. The minimum absolute atomic E-state index is 0.149. The molecule has 5 rings (SSSR count). The van der Waals surface area contributed by atoms with Crippen molar-refractivity contribution in [3.63, 3.8) is 0 Å². The highest BCUT2D eigenvalue weighted by Gasteiger charge is 2.33. The van der Waals surface area contributed by atoms with E-state index >= 15 is 0 Å². The molecule has 2 heterocycles. The van der Waals surface area contributed by atoms with Crippen LogP contribution in [0.5, 0.6) is 11.6 Å². The molecule has 0 aliphatic heterocycles. The van der Waals surface area contributed by atoms with Crippen molar-refractivity contribution >= 4 is 46.3 Å². The van der Waals surface area contributed by atoms with Gasteiger partial charge in [0.25, 0.3) is 5.91 Å². The number of aromatic nitrogens is 3. The van der Waals surface area contributed by atoms with E-state index in [2.05, 4.69) is 15.4 Å². The van der Waals surface area contributed by atoms with Crippen LogP contribution in [-0.4, -0.2) is 25.6 Å². The Morgan fingerprint density at radius 3 is 2.14 bits per heavy atom. The maximum atomic E-state index is 13.7. The van der Waals surface area contributed by atoms with Crippen molar-refractivity contribution < 1.29 is 49.6 Å². The van der Waals surface area contributed by atoms with E-state index in [1.807, 2.05) is 0 Å². The number of nitrogen functional groups attached to an aromatic ring is 1. The van der Waals surface area contributed by atoms with Crippen LogP contribution in [-0.2, 0) is 12.4 Å². The van der Waals surface area contributed by atoms with E-state index in [4.69, 9.17) is 33.7 Å². The number of alkyl halides is 6. The second-order valence-corrected chi connectivity index (χ2v) is 10.2. The molecular formula is C29H16Cl2F8N6O4. The van der Waals surface area contributed by atoms with Gasteiger partial charge in [-0.05, 0) is 54.6 Å². The first kappa shape index (κ1) is 36.3. The highest BCUT2D eigenvalue weighted by Crippen LogP contribution is 2.39. The van der Waals surface area contributed by atoms with E-state index in [1.54, 1.807) is 0 Å². The molecule has 0 saturated carbocycles. The number of ether oxygens (including phenoxy) is 1. The van der Waals surface area contributed by atoms with Crippen LogP contribution < -0.4 is 15.8 Å². The third-order valence-corrected chi connectivity index (χ3v) is 6.69. The Morgan fingerprint density at radius 1 is 0.918 bits per heavy atom. The molecule has 20 heteroatoms. The lowest BCUT2D eigenvalue weighted by molar-refractivity contribution is -0.383. The van der Waals surface area contributed by atoms with Gasteiger partial charge < -0.3 is 15.8 Å². The van der Waals surface area contributed by atoms with Crippen molar-refractivity contribution in [2.75, 3.05) is 11.1 Å². The Hall–Kier alpha value is -5.49. The fraction of sp³-hybridized carbons (Fsp3) is 0.0690. The molecular weight excluding hydrogens is 719 g/mol. The summed E-state index contributed by atoms with van der Waals surface area (Å²) in [7, 11) is 0. The van der Waals surface area contributed by atoms with Gasteiger partial charge in [0.05, 0.1) is 31.8 Å². The van der Waals surface area contributed by atoms with Crippen LogP contribution in [0.15, 0.2) is 79.1 Å². The molecule has 0 aliphatic rings. The lowest BCUT2D eigenvalue weighted by Gasteiger charge is -2.12. The molecule has 5 aromatic rings. The third kappa shape index (κ3) is 8.71. The highest BCUT2D eigenvalue weighted by molar-refractivity contribution is 6.38. The van der Waals surface area contributed by atoms with Crippen LogP contribution in [0.3, 0.4) is 0 Å². The van der Waals surface area contributed by atoms with Crippen molar-refractivity contribution in [1.29, 1.82) is 0 Å². The topological polar surface area (TPSA) is 138 Å². The van der Waals surface area contributed by atoms with Gasteiger partial charge in [0, 0.05) is 12.3 Å². The molecule has 3 aromatic carbocycles. The summed E-state index contributed by atoms with van der Waals surface area (Å²) in [5.74, 6) is -3.50. The molecule has 0 aliphatic carbocycles. The van der Waals surface area contributed by atoms with E-state index in [0.29, 0.717) is 18.2 Å². The molecule has 3 N–H and O–H groups in total. The molecule has 256 valence electrons. The zero-order valence-corrected chi connectivity index (χ0v) is 25.3. The number of hydrogen-bond donors (Lipinski definition) is 2. The molecule has 0 unspecified atom stereocenters. The number of pyridine rings is 1. The number of hydrogen-bond acceptors (Lipinski definition) is 7. The van der Waals surface area contributed by atoms with Gasteiger partial charge >= 0.3 is 18.0 Å². The number of benzene rings is 3. The zero-order chi connectivity index (χ0) is 36.3. The summed E-state index contributed by atoms with van der Waals surface area (Å²) in [6.45, 7) is 0. The van der Waals surface area contributed by atoms with Gasteiger partial charge in [0.15, 0.2) is 0 Å². The first-order valence-corrected chi connectivity index (χ1v) is 13.7. The van der Waals surface area contributed by atoms with Crippen LogP contribution >= 0.6 is 23.2 Å². The summed E-state index contributed by atoms with van der Waals surface area (Å²) in [5, 5.41) is 15.8. The molecule has 0 spiro atoms. The Labute approximate surface area is 278 Å². The summed E-state index contributed by atoms with van der Waals surface area (Å²) in [6, 6.07) is 10.6. The molecule has 0 saturated heterocycles. The normalized spacial score (nSPS) is 11.4. The first-order chi connectivity index (χ1) is 22.9. The number of rotatable bonds is 6. The number of nitrogens with zero attached hydrogens (tertiary/aromatic N) is 4. The van der Waals surface area contributed by atoms with Gasteiger partial charge in [-0.1, -0.05) is 29.3 Å². The summed E-state index contributed by atoms with van der Waals surface area (Å²) in [5.41, 5.74) is 2.42. The van der Waals surface area contributed by atoms with Gasteiger partial charge in [0.1, 0.15) is 34.8 Å². The lowest BCUT2D eigenvalue weighted by atomic mass is 10.2. The Morgan fingerprint density at radius 2 is 1.57 bits per heavy atom. The summed E-state index contributed by atoms with van der Waals surface area (Å²) in [4.78, 5) is 26.2. The lowest BCUT2D eigenvalue weighted by Crippen LogP contribution is -2.14. The molecule has 2 aromatic heterocycles. The minimum Gasteiger partial charge on any atom is -0.438 e. The average molecular weight is 735 g/mol. The van der Waals surface area contributed by atoms with Gasteiger partial charge in [0.2, 0.25) is 11.7 Å². The predicted octanol–water partition coefficient (Wildman–Crippen LogP) is 9.11. The van der Waals surface area contributed by atoms with E-state index < -0.39 is 57.4 Å². The molecule has 0 bridgehead atoms. The predicted molar refractivity (Wildman–Crippen MR) is 160 cm³/mol. The standard InChI is InChI=1S/C19H11F5N2O2.C10H5Cl2F3N4O2/c20-12-6-7-16(15(21)10-12)26-17(27)14-5-2-8-25-18(14)28-13-4-1-3-11(9-13)19(22,23)24;11-5-1-4(10(13,14)15)2-6(12)8(5)18-9(16)7(3-17-18)19(20)21/h1-10H,(H,26,27);1-3H,16H2. The zero-order valence-electron chi connectivity index (χ0n) is 23.8. The van der Waals surface area contributed by atoms with Crippen molar-refractivity contribution in [2.45, 2.75) is 12.4 Å². The monoisotopic (exact) mass is 734 g/mol. The van der Waals surface area contributed by atoms with E-state index in [0.717, 1.165) is 41.2 Å². The largest absolute Gasteiger partial charge is 0.438 e. The number of nitrogens with two attached hydrogens (primary N) is 1. The number of amides is 1. The number of carbonyl (C=O) groups is 1. The van der Waals surface area contributed by atoms with E-state index in [1.165, 1.54) is 24.4 Å². The maximum Gasteiger partial charge on any atom is 0.416 e. The van der Waals surface area contributed by atoms with Crippen molar-refractivity contribution in [3.05, 3.63) is 128 Å². The Bertz CT molecular complexity index is 2020. The molecule has 1 amide bonds. The van der Waals surface area contributed by atoms with Gasteiger partial charge in [-0.2, -0.15) is 31.4 Å². The van der Waals surface area contributed by atoms with E-state index in [9.17, 15) is 50.0 Å². The number of nitro groups is 1. The summed E-state index contributed by atoms with van der Waals surface area (Å²) >= 11 is 11.5. The smallest absolute Gasteiger partial charge is 0.416 e. The minimum atomic E-state index is -4.63. The molecule has 49 heavy (non-hydrogen) atoms. The first-order valence-electron chi connectivity index (χ1n) is 13.0. The molecule has 10 nitrogen and oxygen atoms in total. The fourth-order valence-corrected chi connectivity index (χ4v) is 4.52. The summed E-state index contributed by atoms with van der Waals surface area (Å²) < 4.78 is 109. The number of halogens is 10. The van der Waals surface area contributed by atoms with Crippen LogP contribution in [0, 0.1) is 21.7 Å². The number of carbonyl (C=O) groups excluding carboxylic acids is 1. The molecule has 0 atom stereocenters. The van der Waals surface area contributed by atoms with Gasteiger partial charge in [-0.3, -0.25) is 14.9 Å². The maximum absolute atomic E-state index is 13.7. The highest BCUT2D eigenvalue weighted by atomic mass is 35.5. The van der Waals surface area contributed by atoms with Crippen LogP contribution in [0.25, 0.3) is 5.69 Å². The fourth-order valence-electron chi connectivity index (χ4n) is 3.87. The third-order valence-electron chi connectivity index (χ3n) is 6.11. The number of nitrogens with one attached hydrogen (secondary N) is 1. The summed E-state index contributed by atoms with van der Waals surface area (Å²) in [6.07, 6.45) is -7.07. The molecule has 0 fully saturated rings. The van der Waals surface area contributed by atoms with Crippen LogP contribution in [0.1, 0.15) is 21.5 Å². The average Bonchev–Trinajstić information content (AvgIpc) is 3.39. The van der Waals surface area contributed by atoms with Crippen LogP contribution in [0.4, 0.5) is 52.3 Å². The Balaban J connectivity index is 0.000000230. The quantitative estimate of drug-likeness (QED) is 0.101. The van der Waals surface area contributed by atoms with Crippen molar-refractivity contribution in [2.24, 2.45) is 0 Å². The van der Waals surface area contributed by atoms with Gasteiger partial charge in [-0.15, -0.1) is 0 Å². The Kier molecular flexibility index (Phi) is 10.6. The SMILES string of the molecule is Nc1c([N+](=O)[O-])cnn1-c1c(Cl)cc(C(F)(F)F)cc1Cl.O=C(Nc1ccc(F)cc1F)c1cccnc1Oc1cccc(C(F)(F)F)c1. The molecule has 0 radical (unpaired) electrons. The second-order valence-electron chi connectivity index (χ2n) is 9.43. The van der Waals surface area contributed by atoms with Crippen molar-refractivity contribution in [3.8, 4) is 17.3 Å². The van der Waals surface area contributed by atoms with Gasteiger partial charge in [-0.25, -0.2) is 18.4 Å². The van der Waals surface area contributed by atoms with Crippen LogP contribution in [0.2, 0.25) is 10.0 Å². The van der Waals surface area contributed by atoms with E-state index in [-0.39, 0.29) is 38.6 Å². The van der Waals surface area contributed by atoms with Crippen molar-refractivity contribution in [1.82, 2.24) is 14.8 Å².